The molecule has 0 bridgehead atoms. The van der Waals surface area contributed by atoms with E-state index in [4.69, 9.17) is 17.4 Å². The van der Waals surface area contributed by atoms with Gasteiger partial charge in [-0.1, -0.05) is 11.6 Å². The summed E-state index contributed by atoms with van der Waals surface area (Å²) >= 11 is 7.84. The molecular weight excluding hydrogens is 256 g/mol. The summed E-state index contributed by atoms with van der Waals surface area (Å²) in [6, 6.07) is 2.08. The quantitative estimate of drug-likeness (QED) is 0.648. The molecule has 2 heterocycles. The largest absolute Gasteiger partial charge is 0.271 e. The average Bonchev–Trinajstić information content (AvgIpc) is 2.95. The van der Waals surface area contributed by atoms with E-state index >= 15 is 0 Å². The van der Waals surface area contributed by atoms with Gasteiger partial charge in [-0.3, -0.25) is 16.0 Å². The second-order valence-corrected chi connectivity index (χ2v) is 4.94. The first-order valence-corrected chi connectivity index (χ1v) is 6.76. The number of hydrogen-bond donors (Lipinski definition) is 2. The van der Waals surface area contributed by atoms with Crippen molar-refractivity contribution in [2.45, 2.75) is 25.9 Å². The topological polar surface area (TPSA) is 55.9 Å². The predicted octanol–water partition coefficient (Wildman–Crippen LogP) is 2.36. The van der Waals surface area contributed by atoms with E-state index in [0.29, 0.717) is 5.02 Å². The van der Waals surface area contributed by atoms with E-state index in [1.165, 1.54) is 5.56 Å². The molecular formula is C11H15ClN4S. The minimum atomic E-state index is -0.0143. The molecule has 1 atom stereocenters. The first kappa shape index (κ1) is 12.6. The number of hydrogen-bond acceptors (Lipinski definition) is 4. The molecule has 4 nitrogen and oxygen atoms in total. The molecule has 92 valence electrons. The highest BCUT2D eigenvalue weighted by Crippen LogP contribution is 2.25. The molecule has 0 aliphatic heterocycles. The van der Waals surface area contributed by atoms with E-state index in [-0.39, 0.29) is 6.04 Å². The van der Waals surface area contributed by atoms with E-state index in [2.05, 4.69) is 27.4 Å². The molecule has 0 radical (unpaired) electrons. The molecule has 0 amide bonds. The van der Waals surface area contributed by atoms with Crippen molar-refractivity contribution in [3.63, 3.8) is 0 Å². The summed E-state index contributed by atoms with van der Waals surface area (Å²) in [5, 5.41) is 9.05. The summed E-state index contributed by atoms with van der Waals surface area (Å²) < 4.78 is 1.87. The van der Waals surface area contributed by atoms with Gasteiger partial charge in [-0.15, -0.1) is 0 Å². The molecule has 1 unspecified atom stereocenters. The third-order valence-electron chi connectivity index (χ3n) is 2.68. The van der Waals surface area contributed by atoms with Gasteiger partial charge in [-0.2, -0.15) is 16.4 Å². The SMILES string of the molecule is CCn1ncc(Cl)c1C(Cc1ccsc1)NN. The van der Waals surface area contributed by atoms with Crippen LogP contribution < -0.4 is 11.3 Å². The van der Waals surface area contributed by atoms with Crippen LogP contribution in [0.5, 0.6) is 0 Å². The number of rotatable bonds is 5. The molecule has 0 saturated carbocycles. The Morgan fingerprint density at radius 3 is 3.06 bits per heavy atom. The van der Waals surface area contributed by atoms with E-state index in [9.17, 15) is 0 Å². The normalized spacial score (nSPS) is 12.9. The van der Waals surface area contributed by atoms with Crippen molar-refractivity contribution in [3.8, 4) is 0 Å². The molecule has 2 aromatic heterocycles. The van der Waals surface area contributed by atoms with Gasteiger partial charge in [0, 0.05) is 6.54 Å². The second-order valence-electron chi connectivity index (χ2n) is 3.75. The van der Waals surface area contributed by atoms with Crippen molar-refractivity contribution >= 4 is 22.9 Å². The first-order chi connectivity index (χ1) is 8.26. The Morgan fingerprint density at radius 2 is 2.47 bits per heavy atom. The minimum absolute atomic E-state index is 0.0143. The molecule has 0 aliphatic carbocycles. The number of hydrazine groups is 1. The molecule has 2 aromatic rings. The third-order valence-corrected chi connectivity index (χ3v) is 3.71. The number of thiophene rings is 1. The maximum Gasteiger partial charge on any atom is 0.0834 e. The zero-order valence-electron chi connectivity index (χ0n) is 9.56. The fraction of sp³-hybridized carbons (Fsp3) is 0.364. The van der Waals surface area contributed by atoms with Gasteiger partial charge in [-0.25, -0.2) is 0 Å². The van der Waals surface area contributed by atoms with Crippen LogP contribution in [0, 0.1) is 0 Å². The summed E-state index contributed by atoms with van der Waals surface area (Å²) in [6.45, 7) is 2.81. The molecule has 0 spiro atoms. The Bertz CT molecular complexity index is 466. The first-order valence-electron chi connectivity index (χ1n) is 5.44. The van der Waals surface area contributed by atoms with Crippen molar-refractivity contribution in [1.29, 1.82) is 0 Å². The monoisotopic (exact) mass is 270 g/mol. The van der Waals surface area contributed by atoms with Crippen LogP contribution >= 0.6 is 22.9 Å². The van der Waals surface area contributed by atoms with Gasteiger partial charge in [0.1, 0.15) is 0 Å². The van der Waals surface area contributed by atoms with Crippen molar-refractivity contribution in [1.82, 2.24) is 15.2 Å². The Labute approximate surface area is 109 Å². The lowest BCUT2D eigenvalue weighted by Gasteiger charge is -2.17. The Hall–Kier alpha value is -0.880. The minimum Gasteiger partial charge on any atom is -0.271 e. The molecule has 0 fully saturated rings. The number of nitrogens with two attached hydrogens (primary N) is 1. The number of halogens is 1. The molecule has 0 aliphatic rings. The van der Waals surface area contributed by atoms with E-state index in [0.717, 1.165) is 18.7 Å². The third kappa shape index (κ3) is 2.69. The molecule has 17 heavy (non-hydrogen) atoms. The summed E-state index contributed by atoms with van der Waals surface area (Å²) in [5.41, 5.74) is 5.01. The van der Waals surface area contributed by atoms with Gasteiger partial charge in [0.15, 0.2) is 0 Å². The lowest BCUT2D eigenvalue weighted by molar-refractivity contribution is 0.491. The van der Waals surface area contributed by atoms with Crippen LogP contribution in [0.3, 0.4) is 0 Å². The van der Waals surface area contributed by atoms with Crippen LogP contribution in [0.1, 0.15) is 24.2 Å². The van der Waals surface area contributed by atoms with Crippen LogP contribution in [0.4, 0.5) is 0 Å². The van der Waals surface area contributed by atoms with Crippen LogP contribution in [0.15, 0.2) is 23.0 Å². The molecule has 3 N–H and O–H groups in total. The number of nitrogens with one attached hydrogen (secondary N) is 1. The Kier molecular flexibility index (Phi) is 4.17. The van der Waals surface area contributed by atoms with Crippen LogP contribution in [-0.4, -0.2) is 9.78 Å². The molecule has 0 saturated heterocycles. The van der Waals surface area contributed by atoms with Gasteiger partial charge in [0.05, 0.1) is 23.0 Å². The standard InChI is InChI=1S/C11H15ClN4S/c1-2-16-11(9(12)6-14-16)10(15-13)5-8-3-4-17-7-8/h3-4,6-7,10,15H,2,5,13H2,1H3. The van der Waals surface area contributed by atoms with E-state index in [1.54, 1.807) is 17.5 Å². The van der Waals surface area contributed by atoms with Crippen LogP contribution in [0.2, 0.25) is 5.02 Å². The number of nitrogens with zero attached hydrogens (tertiary/aromatic N) is 2. The zero-order valence-corrected chi connectivity index (χ0v) is 11.1. The van der Waals surface area contributed by atoms with E-state index in [1.807, 2.05) is 11.6 Å². The number of aromatic nitrogens is 2. The zero-order chi connectivity index (χ0) is 12.3. The second kappa shape index (κ2) is 5.64. The highest BCUT2D eigenvalue weighted by Gasteiger charge is 2.19. The summed E-state index contributed by atoms with van der Waals surface area (Å²) in [7, 11) is 0. The summed E-state index contributed by atoms with van der Waals surface area (Å²) in [6.07, 6.45) is 2.48. The fourth-order valence-electron chi connectivity index (χ4n) is 1.85. The van der Waals surface area contributed by atoms with E-state index < -0.39 is 0 Å². The van der Waals surface area contributed by atoms with Crippen LogP contribution in [-0.2, 0) is 13.0 Å². The van der Waals surface area contributed by atoms with Gasteiger partial charge >= 0.3 is 0 Å². The maximum atomic E-state index is 6.16. The van der Waals surface area contributed by atoms with Crippen molar-refractivity contribution in [3.05, 3.63) is 39.3 Å². The van der Waals surface area contributed by atoms with Crippen molar-refractivity contribution in [2.24, 2.45) is 5.84 Å². The molecule has 6 heteroatoms. The highest BCUT2D eigenvalue weighted by atomic mass is 35.5. The van der Waals surface area contributed by atoms with Gasteiger partial charge in [-0.05, 0) is 35.7 Å². The predicted molar refractivity (Wildman–Crippen MR) is 71.0 cm³/mol. The lowest BCUT2D eigenvalue weighted by Crippen LogP contribution is -2.31. The fourth-order valence-corrected chi connectivity index (χ4v) is 2.80. The summed E-state index contributed by atoms with van der Waals surface area (Å²) in [5.74, 6) is 5.63. The number of aryl methyl sites for hydroxylation is 1. The average molecular weight is 271 g/mol. The molecule has 0 aromatic carbocycles. The Balaban J connectivity index is 2.25. The van der Waals surface area contributed by atoms with Crippen molar-refractivity contribution < 1.29 is 0 Å². The van der Waals surface area contributed by atoms with Crippen LogP contribution in [0.25, 0.3) is 0 Å². The smallest absolute Gasteiger partial charge is 0.0834 e. The highest BCUT2D eigenvalue weighted by molar-refractivity contribution is 7.07. The summed E-state index contributed by atoms with van der Waals surface area (Å²) in [4.78, 5) is 0. The Morgan fingerprint density at radius 1 is 1.65 bits per heavy atom. The molecule has 2 rings (SSSR count). The van der Waals surface area contributed by atoms with Gasteiger partial charge in [0.2, 0.25) is 0 Å². The van der Waals surface area contributed by atoms with Crippen molar-refractivity contribution in [2.75, 3.05) is 0 Å². The van der Waals surface area contributed by atoms with Gasteiger partial charge in [0.25, 0.3) is 0 Å². The van der Waals surface area contributed by atoms with Gasteiger partial charge < -0.3 is 0 Å². The maximum absolute atomic E-state index is 6.16. The lowest BCUT2D eigenvalue weighted by atomic mass is 10.1.